The maximum Gasteiger partial charge on any atom is 0.416 e. The highest BCUT2D eigenvalue weighted by Gasteiger charge is 2.32. The van der Waals surface area contributed by atoms with Crippen molar-refractivity contribution in [2.45, 2.75) is 6.18 Å². The molecule has 8 aromatic carbocycles. The van der Waals surface area contributed by atoms with Gasteiger partial charge in [0, 0.05) is 21.5 Å². The van der Waals surface area contributed by atoms with Crippen molar-refractivity contribution in [1.29, 1.82) is 21.0 Å². The molecule has 10 rings (SSSR count). The Labute approximate surface area is 352 Å². The van der Waals surface area contributed by atoms with Crippen molar-refractivity contribution in [2.75, 3.05) is 0 Å². The molecule has 0 atom stereocenters. The standard InChI is InChI=1S/C53H27F3N6/c54-53(55,56)39-22-32(28-57)21-37(23-39)38-26-51(61-47-15-7-5-13-42(47)44-24-33(17-19-49(44)61)40-11-3-1-9-35(40)29-58)46(31-60)52(27-38)62-48-16-8-6-14-43(48)45-25-34(18-20-50(45)62)41-12-4-2-10-36(41)30-59/h1-27H. The van der Waals surface area contributed by atoms with E-state index >= 15 is 0 Å². The highest BCUT2D eigenvalue weighted by molar-refractivity contribution is 6.12. The first kappa shape index (κ1) is 37.4. The summed E-state index contributed by atoms with van der Waals surface area (Å²) in [6.45, 7) is 0. The number of alkyl halides is 3. The summed E-state index contributed by atoms with van der Waals surface area (Å²) in [7, 11) is 0. The molecule has 9 heteroatoms. The second kappa shape index (κ2) is 14.4. The minimum absolute atomic E-state index is 0.149. The predicted molar refractivity (Wildman–Crippen MR) is 235 cm³/mol. The van der Waals surface area contributed by atoms with Gasteiger partial charge in [0.15, 0.2) is 0 Å². The van der Waals surface area contributed by atoms with Crippen molar-refractivity contribution in [1.82, 2.24) is 9.13 Å². The molecule has 0 bridgehead atoms. The lowest BCUT2D eigenvalue weighted by atomic mass is 9.96. The highest BCUT2D eigenvalue weighted by atomic mass is 19.4. The number of benzene rings is 8. The van der Waals surface area contributed by atoms with Crippen LogP contribution >= 0.6 is 0 Å². The fourth-order valence-electron chi connectivity index (χ4n) is 8.73. The summed E-state index contributed by atoms with van der Waals surface area (Å²) in [5.41, 5.74) is 7.62. The topological polar surface area (TPSA) is 105 Å². The van der Waals surface area contributed by atoms with E-state index in [0.717, 1.165) is 78.0 Å². The van der Waals surface area contributed by atoms with Crippen LogP contribution in [0.15, 0.2) is 164 Å². The van der Waals surface area contributed by atoms with Crippen LogP contribution < -0.4 is 0 Å². The predicted octanol–water partition coefficient (Wildman–Crippen LogP) is 13.4. The molecule has 290 valence electrons. The van der Waals surface area contributed by atoms with Gasteiger partial charge in [-0.1, -0.05) is 84.9 Å². The molecular formula is C53H27F3N6. The number of aromatic nitrogens is 2. The maximum atomic E-state index is 14.4. The van der Waals surface area contributed by atoms with E-state index in [1.165, 1.54) is 6.07 Å². The second-order valence-corrected chi connectivity index (χ2v) is 14.9. The zero-order valence-electron chi connectivity index (χ0n) is 32.4. The average Bonchev–Trinajstić information content (AvgIpc) is 3.82. The fraction of sp³-hybridized carbons (Fsp3) is 0.0189. The van der Waals surface area contributed by atoms with E-state index in [-0.39, 0.29) is 16.7 Å². The third-order valence-corrected chi connectivity index (χ3v) is 11.5. The quantitative estimate of drug-likeness (QED) is 0.173. The van der Waals surface area contributed by atoms with E-state index in [2.05, 4.69) is 18.2 Å². The first-order chi connectivity index (χ1) is 30.2. The van der Waals surface area contributed by atoms with Crippen LogP contribution in [-0.2, 0) is 6.18 Å². The minimum Gasteiger partial charge on any atom is -0.308 e. The van der Waals surface area contributed by atoms with Gasteiger partial charge in [0.05, 0.1) is 73.9 Å². The van der Waals surface area contributed by atoms with Gasteiger partial charge in [-0.25, -0.2) is 0 Å². The van der Waals surface area contributed by atoms with Gasteiger partial charge in [0.1, 0.15) is 11.6 Å². The van der Waals surface area contributed by atoms with Gasteiger partial charge < -0.3 is 9.13 Å². The molecule has 0 unspecified atom stereocenters. The van der Waals surface area contributed by atoms with Crippen LogP contribution in [0, 0.1) is 45.3 Å². The van der Waals surface area contributed by atoms with E-state index < -0.39 is 11.7 Å². The number of hydrogen-bond acceptors (Lipinski definition) is 4. The largest absolute Gasteiger partial charge is 0.416 e. The molecule has 0 N–H and O–H groups in total. The molecule has 0 saturated carbocycles. The van der Waals surface area contributed by atoms with Gasteiger partial charge >= 0.3 is 6.18 Å². The Morgan fingerprint density at radius 2 is 0.839 bits per heavy atom. The molecule has 0 aliphatic heterocycles. The monoisotopic (exact) mass is 804 g/mol. The van der Waals surface area contributed by atoms with Crippen LogP contribution in [0.3, 0.4) is 0 Å². The third-order valence-electron chi connectivity index (χ3n) is 11.5. The summed E-state index contributed by atoms with van der Waals surface area (Å²) in [6, 6.07) is 57.6. The minimum atomic E-state index is -4.73. The van der Waals surface area contributed by atoms with Crippen LogP contribution in [0.25, 0.3) is 88.4 Å². The van der Waals surface area contributed by atoms with Gasteiger partial charge in [0.2, 0.25) is 0 Å². The van der Waals surface area contributed by atoms with E-state index in [1.54, 1.807) is 24.3 Å². The molecule has 2 heterocycles. The molecule has 2 aromatic heterocycles. The summed E-state index contributed by atoms with van der Waals surface area (Å²) >= 11 is 0. The summed E-state index contributed by atoms with van der Waals surface area (Å²) in [5, 5.41) is 44.6. The van der Waals surface area contributed by atoms with Gasteiger partial charge in [-0.2, -0.15) is 34.2 Å². The van der Waals surface area contributed by atoms with E-state index in [1.807, 2.05) is 137 Å². The number of rotatable bonds is 5. The molecule has 0 fully saturated rings. The molecule has 62 heavy (non-hydrogen) atoms. The van der Waals surface area contributed by atoms with Gasteiger partial charge in [-0.15, -0.1) is 0 Å². The molecule has 0 radical (unpaired) electrons. The maximum absolute atomic E-state index is 14.4. The number of nitriles is 4. The normalized spacial score (nSPS) is 11.4. The first-order valence-corrected chi connectivity index (χ1v) is 19.5. The summed E-state index contributed by atoms with van der Waals surface area (Å²) < 4.78 is 47.2. The number of hydrogen-bond donors (Lipinski definition) is 0. The Bertz CT molecular complexity index is 3500. The zero-order chi connectivity index (χ0) is 42.7. The summed E-state index contributed by atoms with van der Waals surface area (Å²) in [6.07, 6.45) is -4.73. The Morgan fingerprint density at radius 3 is 1.31 bits per heavy atom. The van der Waals surface area contributed by atoms with Crippen LogP contribution in [0.4, 0.5) is 13.2 Å². The Balaban J connectivity index is 1.32. The average molecular weight is 805 g/mol. The van der Waals surface area contributed by atoms with Gasteiger partial charge in [-0.3, -0.25) is 0 Å². The Hall–Kier alpha value is -8.89. The summed E-state index contributed by atoms with van der Waals surface area (Å²) in [5.74, 6) is 0. The van der Waals surface area contributed by atoms with E-state index in [0.29, 0.717) is 28.1 Å². The lowest BCUT2D eigenvalue weighted by Gasteiger charge is -2.19. The van der Waals surface area contributed by atoms with E-state index in [9.17, 15) is 34.2 Å². The van der Waals surface area contributed by atoms with E-state index in [4.69, 9.17) is 0 Å². The van der Waals surface area contributed by atoms with Crippen LogP contribution in [-0.4, -0.2) is 9.13 Å². The third kappa shape index (κ3) is 5.93. The molecule has 0 aliphatic rings. The van der Waals surface area contributed by atoms with Crippen LogP contribution in [0.2, 0.25) is 0 Å². The Kier molecular flexibility index (Phi) is 8.70. The molecule has 0 amide bonds. The first-order valence-electron chi connectivity index (χ1n) is 19.5. The lowest BCUT2D eigenvalue weighted by molar-refractivity contribution is -0.137. The van der Waals surface area contributed by atoms with Crippen LogP contribution in [0.5, 0.6) is 0 Å². The van der Waals surface area contributed by atoms with Crippen LogP contribution in [0.1, 0.15) is 27.8 Å². The van der Waals surface area contributed by atoms with Gasteiger partial charge in [0.25, 0.3) is 0 Å². The van der Waals surface area contributed by atoms with Crippen molar-refractivity contribution >= 4 is 43.6 Å². The second-order valence-electron chi connectivity index (χ2n) is 14.9. The number of fused-ring (bicyclic) bond motifs is 6. The van der Waals surface area contributed by atoms with Crippen molar-refractivity contribution in [3.8, 4) is 69.0 Å². The van der Waals surface area contributed by atoms with Crippen molar-refractivity contribution < 1.29 is 13.2 Å². The molecular weight excluding hydrogens is 778 g/mol. The molecule has 0 aliphatic carbocycles. The molecule has 10 aromatic rings. The number of nitrogens with zero attached hydrogens (tertiary/aromatic N) is 6. The molecule has 6 nitrogen and oxygen atoms in total. The van der Waals surface area contributed by atoms with Crippen molar-refractivity contribution in [3.63, 3.8) is 0 Å². The Morgan fingerprint density at radius 1 is 0.387 bits per heavy atom. The highest BCUT2D eigenvalue weighted by Crippen LogP contribution is 2.43. The van der Waals surface area contributed by atoms with Crippen molar-refractivity contribution in [3.05, 3.63) is 192 Å². The zero-order valence-corrected chi connectivity index (χ0v) is 32.4. The molecule has 0 saturated heterocycles. The SMILES string of the molecule is N#Cc1cc(-c2cc(-n3c4ccccc4c4cc(-c5ccccc5C#N)ccc43)c(C#N)c(-n3c4ccccc4c4cc(-c5ccccc5C#N)ccc43)c2)cc(C(F)(F)F)c1. The summed E-state index contributed by atoms with van der Waals surface area (Å²) in [4.78, 5) is 0. The van der Waals surface area contributed by atoms with Gasteiger partial charge in [-0.05, 0) is 112 Å². The lowest BCUT2D eigenvalue weighted by Crippen LogP contribution is -2.07. The number of halogens is 3. The van der Waals surface area contributed by atoms with Crippen molar-refractivity contribution in [2.24, 2.45) is 0 Å². The number of para-hydroxylation sites is 2. The fourth-order valence-corrected chi connectivity index (χ4v) is 8.73. The smallest absolute Gasteiger partial charge is 0.308 e. The molecule has 0 spiro atoms.